The van der Waals surface area contributed by atoms with Gasteiger partial charge in [0.25, 0.3) is 11.8 Å². The van der Waals surface area contributed by atoms with Gasteiger partial charge in [-0.2, -0.15) is 5.10 Å². The minimum absolute atomic E-state index is 0.218. The molecule has 0 aliphatic heterocycles. The quantitative estimate of drug-likeness (QED) is 0.600. The maximum absolute atomic E-state index is 12.1. The topological polar surface area (TPSA) is 102 Å². The van der Waals surface area contributed by atoms with Gasteiger partial charge in [-0.1, -0.05) is 30.3 Å². The lowest BCUT2D eigenvalue weighted by molar-refractivity contribution is -0.119. The molecule has 2 N–H and O–H groups in total. The maximum Gasteiger partial charge on any atom is 0.341 e. The minimum atomic E-state index is -0.630. The number of carbonyl (C=O) groups is 3. The number of hydrogen-bond donors (Lipinski definition) is 2. The molecule has 0 saturated carbocycles. The van der Waals surface area contributed by atoms with E-state index in [1.54, 1.807) is 35.1 Å². The van der Waals surface area contributed by atoms with E-state index in [0.29, 0.717) is 17.8 Å². The van der Waals surface area contributed by atoms with E-state index in [9.17, 15) is 14.4 Å². The Morgan fingerprint density at radius 1 is 1.00 bits per heavy atom. The Kier molecular flexibility index (Phi) is 6.36. The standard InChI is InChI=1S/C21H20N4O4/c1-22-20(27)16-7-9-18(10-8-16)24-19(26)14-29-21(28)17-11-23-25(13-17)12-15-5-3-2-4-6-15/h2-11,13H,12,14H2,1H3,(H,22,27)(H,24,26). The van der Waals surface area contributed by atoms with Crippen molar-refractivity contribution in [3.05, 3.63) is 83.7 Å². The number of nitrogens with zero attached hydrogens (tertiary/aromatic N) is 2. The first-order chi connectivity index (χ1) is 14.0. The molecule has 0 aliphatic rings. The van der Waals surface area contributed by atoms with E-state index < -0.39 is 18.5 Å². The van der Waals surface area contributed by atoms with Crippen LogP contribution in [-0.4, -0.2) is 41.2 Å². The predicted octanol–water partition coefficient (Wildman–Crippen LogP) is 2.09. The second-order valence-corrected chi connectivity index (χ2v) is 6.19. The molecule has 1 aromatic heterocycles. The lowest BCUT2D eigenvalue weighted by atomic mass is 10.2. The van der Waals surface area contributed by atoms with Crippen LogP contribution in [0.2, 0.25) is 0 Å². The van der Waals surface area contributed by atoms with Crippen molar-refractivity contribution in [2.75, 3.05) is 19.0 Å². The van der Waals surface area contributed by atoms with Crippen LogP contribution >= 0.6 is 0 Å². The van der Waals surface area contributed by atoms with E-state index >= 15 is 0 Å². The number of ether oxygens (including phenoxy) is 1. The molecule has 29 heavy (non-hydrogen) atoms. The SMILES string of the molecule is CNC(=O)c1ccc(NC(=O)COC(=O)c2cnn(Cc3ccccc3)c2)cc1. The smallest absolute Gasteiger partial charge is 0.341 e. The average molecular weight is 392 g/mol. The number of esters is 1. The van der Waals surface area contributed by atoms with Gasteiger partial charge in [0.2, 0.25) is 0 Å². The van der Waals surface area contributed by atoms with Crippen molar-refractivity contribution in [2.45, 2.75) is 6.54 Å². The number of aromatic nitrogens is 2. The third-order valence-electron chi connectivity index (χ3n) is 4.05. The Morgan fingerprint density at radius 3 is 2.41 bits per heavy atom. The molecule has 0 unspecified atom stereocenters. The molecule has 0 atom stereocenters. The summed E-state index contributed by atoms with van der Waals surface area (Å²) in [5.41, 5.74) is 2.29. The zero-order chi connectivity index (χ0) is 20.6. The molecule has 0 bridgehead atoms. The van der Waals surface area contributed by atoms with E-state index in [0.717, 1.165) is 5.56 Å². The highest BCUT2D eigenvalue weighted by Crippen LogP contribution is 2.10. The van der Waals surface area contributed by atoms with Crippen LogP contribution < -0.4 is 10.6 Å². The van der Waals surface area contributed by atoms with Gasteiger partial charge in [-0.3, -0.25) is 14.3 Å². The summed E-state index contributed by atoms with van der Waals surface area (Å²) in [4.78, 5) is 35.6. The molecule has 2 amide bonds. The maximum atomic E-state index is 12.1. The van der Waals surface area contributed by atoms with E-state index in [2.05, 4.69) is 15.7 Å². The van der Waals surface area contributed by atoms with Crippen molar-refractivity contribution >= 4 is 23.5 Å². The van der Waals surface area contributed by atoms with Crippen molar-refractivity contribution in [3.63, 3.8) is 0 Å². The van der Waals surface area contributed by atoms with Gasteiger partial charge in [0.05, 0.1) is 18.3 Å². The summed E-state index contributed by atoms with van der Waals surface area (Å²) in [7, 11) is 1.54. The monoisotopic (exact) mass is 392 g/mol. The van der Waals surface area contributed by atoms with Crippen LogP contribution in [0.5, 0.6) is 0 Å². The van der Waals surface area contributed by atoms with Crippen molar-refractivity contribution in [1.82, 2.24) is 15.1 Å². The lowest BCUT2D eigenvalue weighted by Crippen LogP contribution is -2.21. The summed E-state index contributed by atoms with van der Waals surface area (Å²) in [6, 6.07) is 16.1. The third-order valence-corrected chi connectivity index (χ3v) is 4.05. The summed E-state index contributed by atoms with van der Waals surface area (Å²) in [5.74, 6) is -1.33. The summed E-state index contributed by atoms with van der Waals surface area (Å²) in [5, 5.41) is 9.26. The van der Waals surface area contributed by atoms with Crippen molar-refractivity contribution in [3.8, 4) is 0 Å². The molecule has 3 rings (SSSR count). The van der Waals surface area contributed by atoms with Gasteiger partial charge in [-0.05, 0) is 29.8 Å². The molecule has 0 fully saturated rings. The van der Waals surface area contributed by atoms with Crippen LogP contribution in [0, 0.1) is 0 Å². The molecule has 8 heteroatoms. The Bertz CT molecular complexity index is 997. The first kappa shape index (κ1) is 19.8. The number of benzene rings is 2. The van der Waals surface area contributed by atoms with Crippen molar-refractivity contribution in [1.29, 1.82) is 0 Å². The van der Waals surface area contributed by atoms with Crippen molar-refractivity contribution in [2.24, 2.45) is 0 Å². The molecule has 1 heterocycles. The summed E-state index contributed by atoms with van der Waals surface area (Å²) in [6.07, 6.45) is 2.98. The van der Waals surface area contributed by atoms with Crippen LogP contribution in [0.1, 0.15) is 26.3 Å². The normalized spacial score (nSPS) is 10.2. The van der Waals surface area contributed by atoms with E-state index in [1.807, 2.05) is 30.3 Å². The van der Waals surface area contributed by atoms with Gasteiger partial charge in [0.1, 0.15) is 0 Å². The van der Waals surface area contributed by atoms with Crippen LogP contribution in [0.4, 0.5) is 5.69 Å². The first-order valence-electron chi connectivity index (χ1n) is 8.90. The fourth-order valence-electron chi connectivity index (χ4n) is 2.59. The predicted molar refractivity (Wildman–Crippen MR) is 107 cm³/mol. The molecule has 0 radical (unpaired) electrons. The van der Waals surface area contributed by atoms with Crippen LogP contribution in [-0.2, 0) is 16.1 Å². The Morgan fingerprint density at radius 2 is 1.72 bits per heavy atom. The van der Waals surface area contributed by atoms with Crippen LogP contribution in [0.25, 0.3) is 0 Å². The molecule has 2 aromatic carbocycles. The third kappa shape index (κ3) is 5.52. The fraction of sp³-hybridized carbons (Fsp3) is 0.143. The molecule has 0 saturated heterocycles. The van der Waals surface area contributed by atoms with Gasteiger partial charge in [0, 0.05) is 24.5 Å². The first-order valence-corrected chi connectivity index (χ1v) is 8.90. The average Bonchev–Trinajstić information content (AvgIpc) is 3.21. The van der Waals surface area contributed by atoms with Crippen molar-refractivity contribution < 1.29 is 19.1 Å². The molecule has 8 nitrogen and oxygen atoms in total. The summed E-state index contributed by atoms with van der Waals surface area (Å²) >= 11 is 0. The zero-order valence-electron chi connectivity index (χ0n) is 15.8. The zero-order valence-corrected chi connectivity index (χ0v) is 15.8. The van der Waals surface area contributed by atoms with Gasteiger partial charge < -0.3 is 15.4 Å². The van der Waals surface area contributed by atoms with Gasteiger partial charge in [-0.25, -0.2) is 4.79 Å². The molecule has 0 spiro atoms. The fourth-order valence-corrected chi connectivity index (χ4v) is 2.59. The van der Waals surface area contributed by atoms with Gasteiger partial charge in [-0.15, -0.1) is 0 Å². The highest BCUT2D eigenvalue weighted by atomic mass is 16.5. The highest BCUT2D eigenvalue weighted by Gasteiger charge is 2.13. The van der Waals surface area contributed by atoms with Crippen LogP contribution in [0.3, 0.4) is 0 Å². The molecular weight excluding hydrogens is 372 g/mol. The van der Waals surface area contributed by atoms with Gasteiger partial charge >= 0.3 is 5.97 Å². The molecule has 148 valence electrons. The second kappa shape index (κ2) is 9.32. The summed E-state index contributed by atoms with van der Waals surface area (Å²) < 4.78 is 6.66. The van der Waals surface area contributed by atoms with Crippen LogP contribution in [0.15, 0.2) is 67.0 Å². The van der Waals surface area contributed by atoms with E-state index in [1.165, 1.54) is 13.2 Å². The van der Waals surface area contributed by atoms with Gasteiger partial charge in [0.15, 0.2) is 6.61 Å². The largest absolute Gasteiger partial charge is 0.452 e. The Labute approximate surface area is 167 Å². The highest BCUT2D eigenvalue weighted by molar-refractivity contribution is 5.97. The number of anilines is 1. The molecule has 3 aromatic rings. The second-order valence-electron chi connectivity index (χ2n) is 6.19. The number of amides is 2. The molecule has 0 aliphatic carbocycles. The lowest BCUT2D eigenvalue weighted by Gasteiger charge is -2.07. The Balaban J connectivity index is 1.49. The summed E-state index contributed by atoms with van der Waals surface area (Å²) in [6.45, 7) is 0.0978. The number of hydrogen-bond acceptors (Lipinski definition) is 5. The number of nitrogens with one attached hydrogen (secondary N) is 2. The minimum Gasteiger partial charge on any atom is -0.452 e. The molecular formula is C21H20N4O4. The number of carbonyl (C=O) groups excluding carboxylic acids is 3. The van der Waals surface area contributed by atoms with E-state index in [4.69, 9.17) is 4.74 Å². The van der Waals surface area contributed by atoms with E-state index in [-0.39, 0.29) is 11.5 Å². The number of rotatable bonds is 7. The Hall–Kier alpha value is -3.94.